The molecule has 1 N–H and O–H groups in total. The largest absolute Gasteiger partial charge is 0.488 e. The maximum Gasteiger partial charge on any atom is 0.259 e. The molecule has 0 aliphatic rings. The summed E-state index contributed by atoms with van der Waals surface area (Å²) in [6.45, 7) is 4.93. The van der Waals surface area contributed by atoms with Gasteiger partial charge in [0.05, 0.1) is 23.0 Å². The third-order valence-corrected chi connectivity index (χ3v) is 6.30. The second-order valence-electron chi connectivity index (χ2n) is 9.46. The van der Waals surface area contributed by atoms with Crippen LogP contribution in [0.5, 0.6) is 11.5 Å². The second kappa shape index (κ2) is 11.6. The fourth-order valence-electron chi connectivity index (χ4n) is 4.26. The molecule has 0 saturated heterocycles. The Morgan fingerprint density at radius 1 is 0.763 bits per heavy atom. The van der Waals surface area contributed by atoms with Crippen molar-refractivity contribution in [1.82, 2.24) is 4.98 Å². The van der Waals surface area contributed by atoms with Gasteiger partial charge in [0.1, 0.15) is 24.7 Å². The highest BCUT2D eigenvalue weighted by molar-refractivity contribution is 6.07. The number of carbonyl (C=O) groups is 1. The maximum absolute atomic E-state index is 13.6. The molecule has 190 valence electrons. The normalized spacial score (nSPS) is 10.9. The van der Waals surface area contributed by atoms with E-state index in [1.165, 1.54) is 0 Å². The second-order valence-corrected chi connectivity index (χ2v) is 9.46. The Morgan fingerprint density at radius 3 is 2.03 bits per heavy atom. The smallest absolute Gasteiger partial charge is 0.259 e. The minimum absolute atomic E-state index is 0.137. The molecule has 5 nitrogen and oxygen atoms in total. The topological polar surface area (TPSA) is 60.5 Å². The van der Waals surface area contributed by atoms with Gasteiger partial charge in [0.25, 0.3) is 5.91 Å². The monoisotopic (exact) mass is 502 g/mol. The molecule has 5 rings (SSSR count). The van der Waals surface area contributed by atoms with E-state index in [4.69, 9.17) is 9.47 Å². The number of nitrogens with one attached hydrogen (secondary N) is 1. The van der Waals surface area contributed by atoms with Crippen molar-refractivity contribution in [2.24, 2.45) is 0 Å². The van der Waals surface area contributed by atoms with Gasteiger partial charge in [-0.05, 0) is 40.8 Å². The number of pyridine rings is 1. The Balaban J connectivity index is 1.47. The van der Waals surface area contributed by atoms with E-state index in [0.717, 1.165) is 27.6 Å². The van der Waals surface area contributed by atoms with Gasteiger partial charge in [0, 0.05) is 11.5 Å². The van der Waals surface area contributed by atoms with Crippen LogP contribution in [0.2, 0.25) is 0 Å². The molecule has 0 radical (unpaired) electrons. The molecule has 1 aromatic heterocycles. The number of anilines is 1. The predicted octanol–water partition coefficient (Wildman–Crippen LogP) is 7.77. The average molecular weight is 503 g/mol. The lowest BCUT2D eigenvalue weighted by molar-refractivity contribution is 0.102. The number of amides is 1. The third kappa shape index (κ3) is 6.01. The summed E-state index contributed by atoms with van der Waals surface area (Å²) in [6, 6.07) is 33.4. The molecule has 0 atom stereocenters. The fourth-order valence-corrected chi connectivity index (χ4v) is 4.26. The fraction of sp³-hybridized carbons (Fsp3) is 0.152. The highest BCUT2D eigenvalue weighted by Gasteiger charge is 2.20. The van der Waals surface area contributed by atoms with Gasteiger partial charge in [-0.25, -0.2) is 0 Å². The van der Waals surface area contributed by atoms with Crippen molar-refractivity contribution in [3.63, 3.8) is 0 Å². The summed E-state index contributed by atoms with van der Waals surface area (Å²) in [4.78, 5) is 18.1. The minimum atomic E-state index is -0.262. The summed E-state index contributed by atoms with van der Waals surface area (Å²) >= 11 is 0. The van der Waals surface area contributed by atoms with E-state index in [9.17, 15) is 4.79 Å². The van der Waals surface area contributed by atoms with E-state index >= 15 is 0 Å². The van der Waals surface area contributed by atoms with E-state index in [0.29, 0.717) is 36.0 Å². The Bertz CT molecular complexity index is 1530. The first kappa shape index (κ1) is 25.0. The molecule has 0 fully saturated rings. The van der Waals surface area contributed by atoms with E-state index in [-0.39, 0.29) is 11.8 Å². The van der Waals surface area contributed by atoms with Crippen LogP contribution in [-0.4, -0.2) is 10.9 Å². The van der Waals surface area contributed by atoms with Crippen LogP contribution in [-0.2, 0) is 13.2 Å². The summed E-state index contributed by atoms with van der Waals surface area (Å²) < 4.78 is 12.5. The van der Waals surface area contributed by atoms with Crippen molar-refractivity contribution in [3.05, 3.63) is 132 Å². The van der Waals surface area contributed by atoms with E-state index in [2.05, 4.69) is 24.1 Å². The molecular weight excluding hydrogens is 472 g/mol. The number of benzene rings is 4. The molecule has 5 aromatic rings. The van der Waals surface area contributed by atoms with Crippen LogP contribution in [0.25, 0.3) is 10.9 Å². The Labute approximate surface area is 223 Å². The lowest BCUT2D eigenvalue weighted by atomic mass is 9.98. The van der Waals surface area contributed by atoms with Crippen LogP contribution >= 0.6 is 0 Å². The van der Waals surface area contributed by atoms with Crippen LogP contribution in [0, 0.1) is 0 Å². The van der Waals surface area contributed by atoms with Crippen molar-refractivity contribution in [2.75, 3.05) is 5.32 Å². The standard InChI is InChI=1S/C33H30N2O3/c1-23(2)28-18-29(33(36)35-27-17-26-15-9-10-16-30(26)34-20-27)32(38-22-25-13-7-4-8-14-25)19-31(28)37-21-24-11-5-3-6-12-24/h3-20,23H,21-22H2,1-2H3,(H,35,36). The molecule has 1 heterocycles. The Hall–Kier alpha value is -4.64. The molecule has 38 heavy (non-hydrogen) atoms. The molecule has 4 aromatic carbocycles. The van der Waals surface area contributed by atoms with Crippen LogP contribution < -0.4 is 14.8 Å². The van der Waals surface area contributed by atoms with Crippen LogP contribution in [0.15, 0.2) is 109 Å². The van der Waals surface area contributed by atoms with Crippen molar-refractivity contribution in [2.45, 2.75) is 33.0 Å². The summed E-state index contributed by atoms with van der Waals surface area (Å²) in [6.07, 6.45) is 1.67. The summed E-state index contributed by atoms with van der Waals surface area (Å²) in [5.74, 6) is 1.04. The molecule has 0 spiro atoms. The minimum Gasteiger partial charge on any atom is -0.488 e. The van der Waals surface area contributed by atoms with Gasteiger partial charge in [-0.3, -0.25) is 9.78 Å². The van der Waals surface area contributed by atoms with Crippen molar-refractivity contribution in [3.8, 4) is 11.5 Å². The number of para-hydroxylation sites is 1. The number of ether oxygens (including phenoxy) is 2. The van der Waals surface area contributed by atoms with Crippen molar-refractivity contribution in [1.29, 1.82) is 0 Å². The van der Waals surface area contributed by atoms with Gasteiger partial charge in [0.15, 0.2) is 0 Å². The first-order valence-electron chi connectivity index (χ1n) is 12.7. The highest BCUT2D eigenvalue weighted by Crippen LogP contribution is 2.35. The van der Waals surface area contributed by atoms with Gasteiger partial charge in [-0.1, -0.05) is 92.7 Å². The summed E-state index contributed by atoms with van der Waals surface area (Å²) in [7, 11) is 0. The summed E-state index contributed by atoms with van der Waals surface area (Å²) in [5.41, 5.74) is 4.97. The first-order valence-corrected chi connectivity index (χ1v) is 12.7. The molecule has 0 saturated carbocycles. The number of fused-ring (bicyclic) bond motifs is 1. The number of rotatable bonds is 9. The van der Waals surface area contributed by atoms with Crippen molar-refractivity contribution >= 4 is 22.5 Å². The third-order valence-electron chi connectivity index (χ3n) is 6.30. The zero-order valence-corrected chi connectivity index (χ0v) is 21.6. The molecule has 0 unspecified atom stereocenters. The number of hydrogen-bond donors (Lipinski definition) is 1. The van der Waals surface area contributed by atoms with Crippen LogP contribution in [0.1, 0.15) is 46.8 Å². The quantitative estimate of drug-likeness (QED) is 0.224. The SMILES string of the molecule is CC(C)c1cc(C(=O)Nc2cnc3ccccc3c2)c(OCc2ccccc2)cc1OCc1ccccc1. The van der Waals surface area contributed by atoms with Gasteiger partial charge in [0.2, 0.25) is 0 Å². The zero-order chi connectivity index (χ0) is 26.3. The number of carbonyl (C=O) groups excluding carboxylic acids is 1. The van der Waals surface area contributed by atoms with Crippen molar-refractivity contribution < 1.29 is 14.3 Å². The Morgan fingerprint density at radius 2 is 1.37 bits per heavy atom. The molecule has 1 amide bonds. The van der Waals surface area contributed by atoms with Gasteiger partial charge in [-0.15, -0.1) is 0 Å². The maximum atomic E-state index is 13.6. The van der Waals surface area contributed by atoms with Gasteiger partial charge in [-0.2, -0.15) is 0 Å². The number of aromatic nitrogens is 1. The van der Waals surface area contributed by atoms with Gasteiger partial charge >= 0.3 is 0 Å². The molecule has 0 aliphatic heterocycles. The van der Waals surface area contributed by atoms with Gasteiger partial charge < -0.3 is 14.8 Å². The van der Waals surface area contributed by atoms with E-state index in [1.54, 1.807) is 6.20 Å². The summed E-state index contributed by atoms with van der Waals surface area (Å²) in [5, 5.41) is 3.97. The first-order chi connectivity index (χ1) is 18.6. The molecule has 0 bridgehead atoms. The van der Waals surface area contributed by atoms with Crippen LogP contribution in [0.3, 0.4) is 0 Å². The number of hydrogen-bond acceptors (Lipinski definition) is 4. The lowest BCUT2D eigenvalue weighted by Crippen LogP contribution is -2.15. The number of nitrogens with zero attached hydrogens (tertiary/aromatic N) is 1. The molecule has 0 aliphatic carbocycles. The zero-order valence-electron chi connectivity index (χ0n) is 21.6. The lowest BCUT2D eigenvalue weighted by Gasteiger charge is -2.19. The van der Waals surface area contributed by atoms with Crippen LogP contribution in [0.4, 0.5) is 5.69 Å². The Kier molecular flexibility index (Phi) is 7.65. The highest BCUT2D eigenvalue weighted by atomic mass is 16.5. The van der Waals surface area contributed by atoms with E-state index < -0.39 is 0 Å². The van der Waals surface area contributed by atoms with E-state index in [1.807, 2.05) is 103 Å². The molecule has 5 heteroatoms. The predicted molar refractivity (Wildman–Crippen MR) is 152 cm³/mol. The average Bonchev–Trinajstić information content (AvgIpc) is 2.95. The molecular formula is C33H30N2O3.